The van der Waals surface area contributed by atoms with Crippen LogP contribution < -0.4 is 0 Å². The number of hydrogen-bond donors (Lipinski definition) is 1. The fraction of sp³-hybridized carbons (Fsp3) is 0.857. The van der Waals surface area contributed by atoms with E-state index in [1.165, 1.54) is 32.1 Å². The zero-order valence-corrected chi connectivity index (χ0v) is 17.8. The molecule has 4 fully saturated rings. The number of fused-ring (bicyclic) bond motifs is 2. The lowest BCUT2D eigenvalue weighted by molar-refractivity contribution is -0.140. The SMILES string of the molecule is O=C(O)CSCC(=O)N1CCO[C@H]2CN(C(=O)[C@@H]3CCC[C@@H]4CCCC[C@@H]43)C[C@H]21. The molecule has 1 N–H and O–H groups in total. The topological polar surface area (TPSA) is 87.2 Å². The maximum atomic E-state index is 13.4. The van der Waals surface area contributed by atoms with E-state index in [-0.39, 0.29) is 41.4 Å². The number of morpholine rings is 1. The number of thioether (sulfide) groups is 1. The Balaban J connectivity index is 1.38. The first-order valence-corrected chi connectivity index (χ1v) is 12.2. The summed E-state index contributed by atoms with van der Waals surface area (Å²) in [4.78, 5) is 40.5. The molecule has 162 valence electrons. The summed E-state index contributed by atoms with van der Waals surface area (Å²) in [6.45, 7) is 2.12. The minimum atomic E-state index is -0.909. The second-order valence-electron chi connectivity index (χ2n) is 8.94. The summed E-state index contributed by atoms with van der Waals surface area (Å²) in [7, 11) is 0. The van der Waals surface area contributed by atoms with Crippen molar-refractivity contribution in [3.8, 4) is 0 Å². The second-order valence-corrected chi connectivity index (χ2v) is 9.92. The number of likely N-dealkylation sites (tertiary alicyclic amines) is 1. The van der Waals surface area contributed by atoms with Crippen molar-refractivity contribution in [2.75, 3.05) is 37.7 Å². The fourth-order valence-corrected chi connectivity index (χ4v) is 6.58. The Hall–Kier alpha value is -1.28. The molecule has 0 radical (unpaired) electrons. The average molecular weight is 425 g/mol. The normalized spacial score (nSPS) is 34.4. The van der Waals surface area contributed by atoms with Gasteiger partial charge >= 0.3 is 5.97 Å². The molecule has 2 heterocycles. The number of carboxylic acid groups (broad SMARTS) is 1. The van der Waals surface area contributed by atoms with E-state index in [4.69, 9.17) is 9.84 Å². The van der Waals surface area contributed by atoms with Crippen LogP contribution in [0, 0.1) is 17.8 Å². The molecule has 2 saturated carbocycles. The summed E-state index contributed by atoms with van der Waals surface area (Å²) in [5, 5.41) is 8.78. The van der Waals surface area contributed by atoms with Crippen LogP contribution in [0.2, 0.25) is 0 Å². The molecular formula is C21H32N2O5S. The molecule has 0 bridgehead atoms. The smallest absolute Gasteiger partial charge is 0.313 e. The first kappa shape index (κ1) is 21.0. The molecule has 2 amide bonds. The van der Waals surface area contributed by atoms with Crippen LogP contribution in [0.25, 0.3) is 0 Å². The summed E-state index contributed by atoms with van der Waals surface area (Å²) in [5.41, 5.74) is 0. The Labute approximate surface area is 176 Å². The molecule has 0 aromatic rings. The molecule has 2 aliphatic heterocycles. The number of ether oxygens (including phenoxy) is 1. The van der Waals surface area contributed by atoms with Gasteiger partial charge in [-0.15, -0.1) is 11.8 Å². The van der Waals surface area contributed by atoms with Gasteiger partial charge in [-0.2, -0.15) is 0 Å². The van der Waals surface area contributed by atoms with Crippen molar-refractivity contribution in [2.45, 2.75) is 57.1 Å². The minimum absolute atomic E-state index is 0.0474. The number of hydrogen-bond acceptors (Lipinski definition) is 5. The number of carbonyl (C=O) groups excluding carboxylic acids is 2. The summed E-state index contributed by atoms with van der Waals surface area (Å²) in [6, 6.07) is -0.101. The minimum Gasteiger partial charge on any atom is -0.481 e. The Kier molecular flexibility index (Phi) is 6.69. The highest BCUT2D eigenvalue weighted by Gasteiger charge is 2.47. The first-order valence-electron chi connectivity index (χ1n) is 11.0. The van der Waals surface area contributed by atoms with E-state index in [0.29, 0.717) is 32.2 Å². The molecule has 7 nitrogen and oxygen atoms in total. The van der Waals surface area contributed by atoms with E-state index in [2.05, 4.69) is 0 Å². The van der Waals surface area contributed by atoms with Crippen molar-refractivity contribution >= 4 is 29.5 Å². The molecule has 4 aliphatic rings. The Morgan fingerprint density at radius 3 is 2.62 bits per heavy atom. The Morgan fingerprint density at radius 1 is 1.00 bits per heavy atom. The van der Waals surface area contributed by atoms with E-state index < -0.39 is 5.97 Å². The summed E-state index contributed by atoms with van der Waals surface area (Å²) < 4.78 is 5.91. The van der Waals surface area contributed by atoms with E-state index in [1.54, 1.807) is 0 Å². The van der Waals surface area contributed by atoms with Crippen LogP contribution in [0.5, 0.6) is 0 Å². The summed E-state index contributed by atoms with van der Waals surface area (Å²) in [6.07, 6.45) is 8.33. The molecule has 2 aliphatic carbocycles. The van der Waals surface area contributed by atoms with Gasteiger partial charge in [-0.1, -0.05) is 32.1 Å². The van der Waals surface area contributed by atoms with Crippen LogP contribution in [-0.2, 0) is 19.1 Å². The lowest BCUT2D eigenvalue weighted by Gasteiger charge is -2.41. The number of amides is 2. The lowest BCUT2D eigenvalue weighted by atomic mass is 9.65. The van der Waals surface area contributed by atoms with E-state index in [0.717, 1.165) is 30.5 Å². The van der Waals surface area contributed by atoms with Gasteiger partial charge in [-0.05, 0) is 24.7 Å². The second kappa shape index (κ2) is 9.25. The van der Waals surface area contributed by atoms with E-state index in [1.807, 2.05) is 9.80 Å². The highest BCUT2D eigenvalue weighted by atomic mass is 32.2. The van der Waals surface area contributed by atoms with Gasteiger partial charge in [0.2, 0.25) is 11.8 Å². The molecule has 0 aromatic heterocycles. The number of nitrogens with zero attached hydrogens (tertiary/aromatic N) is 2. The Morgan fingerprint density at radius 2 is 1.79 bits per heavy atom. The zero-order valence-electron chi connectivity index (χ0n) is 17.0. The van der Waals surface area contributed by atoms with Crippen molar-refractivity contribution in [2.24, 2.45) is 17.8 Å². The van der Waals surface area contributed by atoms with Gasteiger partial charge in [0.1, 0.15) is 0 Å². The van der Waals surface area contributed by atoms with Crippen LogP contribution in [0.3, 0.4) is 0 Å². The molecule has 29 heavy (non-hydrogen) atoms. The number of rotatable bonds is 5. The van der Waals surface area contributed by atoms with Crippen LogP contribution in [0.15, 0.2) is 0 Å². The zero-order chi connectivity index (χ0) is 20.4. The van der Waals surface area contributed by atoms with Gasteiger partial charge < -0.3 is 19.6 Å². The highest BCUT2D eigenvalue weighted by Crippen LogP contribution is 2.44. The van der Waals surface area contributed by atoms with Gasteiger partial charge in [-0.3, -0.25) is 14.4 Å². The Bertz CT molecular complexity index is 643. The standard InChI is InChI=1S/C21H32N2O5S/c24-19(12-29-13-20(25)26)23-8-9-28-18-11-22(10-17(18)23)21(27)16-7-3-5-14-4-1-2-6-15(14)16/h14-18H,1-13H2,(H,25,26)/t14-,15-,16+,17+,18-/m0/s1. The van der Waals surface area contributed by atoms with Crippen LogP contribution in [-0.4, -0.2) is 82.6 Å². The predicted octanol–water partition coefficient (Wildman–Crippen LogP) is 1.85. The summed E-state index contributed by atoms with van der Waals surface area (Å²) >= 11 is 1.13. The third kappa shape index (κ3) is 4.58. The molecule has 5 atom stereocenters. The van der Waals surface area contributed by atoms with Gasteiger partial charge in [0, 0.05) is 25.6 Å². The third-order valence-corrected chi connectivity index (χ3v) is 8.18. The van der Waals surface area contributed by atoms with Gasteiger partial charge in [0.25, 0.3) is 0 Å². The largest absolute Gasteiger partial charge is 0.481 e. The molecule has 0 spiro atoms. The molecule has 8 heteroatoms. The number of carboxylic acids is 1. The first-order chi connectivity index (χ1) is 14.0. The maximum Gasteiger partial charge on any atom is 0.313 e. The van der Waals surface area contributed by atoms with Crippen molar-refractivity contribution in [1.29, 1.82) is 0 Å². The highest BCUT2D eigenvalue weighted by molar-refractivity contribution is 8.00. The number of carbonyl (C=O) groups is 3. The van der Waals surface area contributed by atoms with Crippen molar-refractivity contribution in [1.82, 2.24) is 9.80 Å². The molecule has 4 rings (SSSR count). The molecular weight excluding hydrogens is 392 g/mol. The van der Waals surface area contributed by atoms with Crippen LogP contribution >= 0.6 is 11.8 Å². The lowest BCUT2D eigenvalue weighted by Crippen LogP contribution is -2.54. The monoisotopic (exact) mass is 424 g/mol. The van der Waals surface area contributed by atoms with Crippen molar-refractivity contribution in [3.05, 3.63) is 0 Å². The van der Waals surface area contributed by atoms with Crippen molar-refractivity contribution in [3.63, 3.8) is 0 Å². The summed E-state index contributed by atoms with van der Waals surface area (Å²) in [5.74, 6) is 0.810. The molecule has 2 saturated heterocycles. The van der Waals surface area contributed by atoms with E-state index >= 15 is 0 Å². The molecule has 0 unspecified atom stereocenters. The van der Waals surface area contributed by atoms with Gasteiger partial charge in [0.15, 0.2) is 0 Å². The van der Waals surface area contributed by atoms with E-state index in [9.17, 15) is 14.4 Å². The van der Waals surface area contributed by atoms with Crippen LogP contribution in [0.4, 0.5) is 0 Å². The number of aliphatic carboxylic acids is 1. The van der Waals surface area contributed by atoms with Gasteiger partial charge in [-0.25, -0.2) is 0 Å². The average Bonchev–Trinajstić information content (AvgIpc) is 3.17. The predicted molar refractivity (Wildman–Crippen MR) is 110 cm³/mol. The maximum absolute atomic E-state index is 13.4. The fourth-order valence-electron chi connectivity index (χ4n) is 5.97. The quantitative estimate of drug-likeness (QED) is 0.725. The van der Waals surface area contributed by atoms with Gasteiger partial charge in [0.05, 0.1) is 30.3 Å². The van der Waals surface area contributed by atoms with Crippen LogP contribution in [0.1, 0.15) is 44.9 Å². The third-order valence-electron chi connectivity index (χ3n) is 7.28. The van der Waals surface area contributed by atoms with Crippen molar-refractivity contribution < 1.29 is 24.2 Å². The molecule has 0 aromatic carbocycles.